The molecule has 1 aromatic carbocycles. The van der Waals surface area contributed by atoms with Gasteiger partial charge in [0.05, 0.1) is 12.2 Å². The smallest absolute Gasteiger partial charge is 0.220 e. The van der Waals surface area contributed by atoms with E-state index >= 15 is 0 Å². The standard InChI is InChI=1S/C15H16FNO3/c1-8-4-11(18)15-12(3-2-10(16)14(8)15)20-7-9-5-13(19)17-6-9/h2-3,8-9H,4-7H2,1H3,(H,17,19)/t8-,9-/m1/s1. The maximum atomic E-state index is 13.8. The lowest BCUT2D eigenvalue weighted by atomic mass is 10.0. The Kier molecular flexibility index (Phi) is 3.20. The zero-order valence-electron chi connectivity index (χ0n) is 11.2. The number of ketones is 1. The minimum Gasteiger partial charge on any atom is -0.492 e. The first-order valence-corrected chi connectivity index (χ1v) is 6.81. The lowest BCUT2D eigenvalue weighted by Gasteiger charge is -2.14. The van der Waals surface area contributed by atoms with Gasteiger partial charge in [-0.15, -0.1) is 0 Å². The predicted octanol–water partition coefficient (Wildman–Crippen LogP) is 2.03. The second-order valence-corrected chi connectivity index (χ2v) is 5.55. The number of ether oxygens (including phenoxy) is 1. The molecule has 4 nitrogen and oxygen atoms in total. The van der Waals surface area contributed by atoms with Crippen molar-refractivity contribution in [2.24, 2.45) is 5.92 Å². The quantitative estimate of drug-likeness (QED) is 0.919. The van der Waals surface area contributed by atoms with Crippen LogP contribution in [0.5, 0.6) is 5.75 Å². The van der Waals surface area contributed by atoms with Crippen LogP contribution in [-0.2, 0) is 4.79 Å². The average molecular weight is 277 g/mol. The van der Waals surface area contributed by atoms with Crippen LogP contribution in [0.25, 0.3) is 0 Å². The molecule has 1 aliphatic heterocycles. The van der Waals surface area contributed by atoms with Crippen molar-refractivity contribution in [1.82, 2.24) is 5.32 Å². The second kappa shape index (κ2) is 4.89. The van der Waals surface area contributed by atoms with Crippen molar-refractivity contribution in [3.63, 3.8) is 0 Å². The number of hydrogen-bond donors (Lipinski definition) is 1. The number of amides is 1. The van der Waals surface area contributed by atoms with Crippen LogP contribution in [0.4, 0.5) is 4.39 Å². The number of rotatable bonds is 3. The van der Waals surface area contributed by atoms with Gasteiger partial charge in [-0.25, -0.2) is 4.39 Å². The molecular weight excluding hydrogens is 261 g/mol. The van der Waals surface area contributed by atoms with Gasteiger partial charge in [0.15, 0.2) is 5.78 Å². The molecule has 1 fully saturated rings. The molecule has 1 amide bonds. The highest BCUT2D eigenvalue weighted by Gasteiger charge is 2.33. The Labute approximate surface area is 116 Å². The number of fused-ring (bicyclic) bond motifs is 1. The molecule has 106 valence electrons. The first-order valence-electron chi connectivity index (χ1n) is 6.81. The molecule has 0 aromatic heterocycles. The Bertz CT molecular complexity index is 585. The Balaban J connectivity index is 1.81. The third-order valence-corrected chi connectivity index (χ3v) is 3.95. The highest BCUT2D eigenvalue weighted by Crippen LogP contribution is 2.39. The maximum Gasteiger partial charge on any atom is 0.220 e. The van der Waals surface area contributed by atoms with Crippen LogP contribution in [0.1, 0.15) is 41.6 Å². The third kappa shape index (κ3) is 2.17. The molecule has 1 saturated heterocycles. The molecule has 20 heavy (non-hydrogen) atoms. The van der Waals surface area contributed by atoms with Gasteiger partial charge in [0.2, 0.25) is 5.91 Å². The zero-order valence-corrected chi connectivity index (χ0v) is 11.2. The van der Waals surface area contributed by atoms with E-state index in [-0.39, 0.29) is 29.3 Å². The van der Waals surface area contributed by atoms with E-state index in [9.17, 15) is 14.0 Å². The summed E-state index contributed by atoms with van der Waals surface area (Å²) in [6, 6.07) is 2.86. The van der Waals surface area contributed by atoms with E-state index in [1.807, 2.05) is 6.92 Å². The van der Waals surface area contributed by atoms with Crippen LogP contribution in [0.2, 0.25) is 0 Å². The van der Waals surface area contributed by atoms with E-state index in [1.165, 1.54) is 12.1 Å². The first-order chi connectivity index (χ1) is 9.56. The third-order valence-electron chi connectivity index (χ3n) is 3.95. The number of Topliss-reactive ketones (excluding diaryl/α,β-unsaturated/α-hetero) is 1. The van der Waals surface area contributed by atoms with Gasteiger partial charge in [0.25, 0.3) is 0 Å². The van der Waals surface area contributed by atoms with Crippen molar-refractivity contribution in [3.8, 4) is 5.75 Å². The van der Waals surface area contributed by atoms with Gasteiger partial charge in [-0.1, -0.05) is 6.92 Å². The molecule has 5 heteroatoms. The van der Waals surface area contributed by atoms with Gasteiger partial charge in [0.1, 0.15) is 11.6 Å². The molecule has 2 aliphatic rings. The topological polar surface area (TPSA) is 55.4 Å². The van der Waals surface area contributed by atoms with Crippen LogP contribution >= 0.6 is 0 Å². The summed E-state index contributed by atoms with van der Waals surface area (Å²) in [4.78, 5) is 23.1. The maximum absolute atomic E-state index is 13.8. The van der Waals surface area contributed by atoms with Crippen molar-refractivity contribution in [2.75, 3.05) is 13.2 Å². The largest absolute Gasteiger partial charge is 0.492 e. The number of hydrogen-bond acceptors (Lipinski definition) is 3. The van der Waals surface area contributed by atoms with Crippen molar-refractivity contribution < 1.29 is 18.7 Å². The van der Waals surface area contributed by atoms with E-state index in [0.29, 0.717) is 42.9 Å². The second-order valence-electron chi connectivity index (χ2n) is 5.55. The molecule has 2 atom stereocenters. The number of nitrogens with one attached hydrogen (secondary N) is 1. The summed E-state index contributed by atoms with van der Waals surface area (Å²) in [5.74, 6) is 0.0571. The Morgan fingerprint density at radius 3 is 2.85 bits per heavy atom. The van der Waals surface area contributed by atoms with E-state index in [1.54, 1.807) is 0 Å². The first kappa shape index (κ1) is 13.1. The summed E-state index contributed by atoms with van der Waals surface area (Å²) < 4.78 is 19.5. The zero-order chi connectivity index (χ0) is 14.3. The lowest BCUT2D eigenvalue weighted by molar-refractivity contribution is -0.119. The SMILES string of the molecule is C[C@@H]1CC(=O)c2c(OC[C@H]3CNC(=O)C3)ccc(F)c21. The highest BCUT2D eigenvalue weighted by atomic mass is 19.1. The van der Waals surface area contributed by atoms with Gasteiger partial charge in [-0.3, -0.25) is 9.59 Å². The monoisotopic (exact) mass is 277 g/mol. The van der Waals surface area contributed by atoms with E-state index in [4.69, 9.17) is 4.74 Å². The highest BCUT2D eigenvalue weighted by molar-refractivity contribution is 6.03. The molecule has 1 aromatic rings. The van der Waals surface area contributed by atoms with E-state index in [0.717, 1.165) is 0 Å². The molecule has 0 spiro atoms. The van der Waals surface area contributed by atoms with Crippen LogP contribution in [0.15, 0.2) is 12.1 Å². The van der Waals surface area contributed by atoms with Gasteiger partial charge in [0, 0.05) is 30.9 Å². The number of carbonyl (C=O) groups is 2. The summed E-state index contributed by atoms with van der Waals surface area (Å²) >= 11 is 0. The predicted molar refractivity (Wildman–Crippen MR) is 70.4 cm³/mol. The van der Waals surface area contributed by atoms with Crippen molar-refractivity contribution in [2.45, 2.75) is 25.7 Å². The summed E-state index contributed by atoms with van der Waals surface area (Å²) in [7, 11) is 0. The fraction of sp³-hybridized carbons (Fsp3) is 0.467. The van der Waals surface area contributed by atoms with Crippen molar-refractivity contribution in [3.05, 3.63) is 29.1 Å². The normalized spacial score (nSPS) is 24.7. The molecule has 1 N–H and O–H groups in total. The van der Waals surface area contributed by atoms with Crippen LogP contribution in [0, 0.1) is 11.7 Å². The molecule has 1 heterocycles. The molecule has 3 rings (SSSR count). The lowest BCUT2D eigenvalue weighted by Crippen LogP contribution is -2.17. The Morgan fingerprint density at radius 2 is 2.15 bits per heavy atom. The van der Waals surface area contributed by atoms with Gasteiger partial charge >= 0.3 is 0 Å². The number of carbonyl (C=O) groups excluding carboxylic acids is 2. The molecule has 0 saturated carbocycles. The Morgan fingerprint density at radius 1 is 1.35 bits per heavy atom. The summed E-state index contributed by atoms with van der Waals surface area (Å²) in [6.07, 6.45) is 0.768. The molecule has 0 radical (unpaired) electrons. The molecular formula is C15H16FNO3. The van der Waals surface area contributed by atoms with E-state index < -0.39 is 0 Å². The van der Waals surface area contributed by atoms with Gasteiger partial charge in [-0.05, 0) is 18.1 Å². The van der Waals surface area contributed by atoms with E-state index in [2.05, 4.69) is 5.32 Å². The van der Waals surface area contributed by atoms with Crippen LogP contribution in [-0.4, -0.2) is 24.8 Å². The fourth-order valence-corrected chi connectivity index (χ4v) is 2.94. The molecule has 0 unspecified atom stereocenters. The summed E-state index contributed by atoms with van der Waals surface area (Å²) in [5.41, 5.74) is 0.850. The fourth-order valence-electron chi connectivity index (χ4n) is 2.94. The Hall–Kier alpha value is -1.91. The summed E-state index contributed by atoms with van der Waals surface area (Å²) in [5, 5.41) is 2.74. The van der Waals surface area contributed by atoms with Crippen LogP contribution < -0.4 is 10.1 Å². The minimum atomic E-state index is -0.344. The van der Waals surface area contributed by atoms with Crippen LogP contribution in [0.3, 0.4) is 0 Å². The average Bonchev–Trinajstić information content (AvgIpc) is 2.94. The minimum absolute atomic E-state index is 0.0210. The number of halogens is 1. The van der Waals surface area contributed by atoms with Gasteiger partial charge in [-0.2, -0.15) is 0 Å². The summed E-state index contributed by atoms with van der Waals surface area (Å²) in [6.45, 7) is 2.79. The van der Waals surface area contributed by atoms with Crippen molar-refractivity contribution >= 4 is 11.7 Å². The molecule has 1 aliphatic carbocycles. The van der Waals surface area contributed by atoms with Gasteiger partial charge < -0.3 is 10.1 Å². The molecule has 0 bridgehead atoms. The number of benzene rings is 1. The van der Waals surface area contributed by atoms with Crippen molar-refractivity contribution in [1.29, 1.82) is 0 Å².